The summed E-state index contributed by atoms with van der Waals surface area (Å²) < 4.78 is 25.3. The second kappa shape index (κ2) is 7.57. The van der Waals surface area contributed by atoms with Gasteiger partial charge >= 0.3 is 5.97 Å². The highest BCUT2D eigenvalue weighted by Gasteiger charge is 2.50. The van der Waals surface area contributed by atoms with Crippen molar-refractivity contribution < 1.29 is 23.7 Å². The molecule has 0 unspecified atom stereocenters. The van der Waals surface area contributed by atoms with Crippen LogP contribution in [0.4, 0.5) is 0 Å². The van der Waals surface area contributed by atoms with Gasteiger partial charge in [0.2, 0.25) is 0 Å². The number of rotatable bonds is 5. The maximum absolute atomic E-state index is 12.2. The summed E-state index contributed by atoms with van der Waals surface area (Å²) in [4.78, 5) is 16.2. The molecule has 0 radical (unpaired) electrons. The molecular weight excluding hydrogens is 336 g/mol. The molecule has 7 heteroatoms. The number of fused-ring (bicyclic) bond motifs is 1. The molecule has 0 aliphatic carbocycles. The fraction of sp³-hybridized carbons (Fsp3) is 0.474. The van der Waals surface area contributed by atoms with E-state index in [1.807, 2.05) is 41.1 Å². The van der Waals surface area contributed by atoms with Crippen molar-refractivity contribution in [3.63, 3.8) is 0 Å². The first kappa shape index (κ1) is 17.2. The van der Waals surface area contributed by atoms with E-state index in [-0.39, 0.29) is 36.7 Å². The predicted molar refractivity (Wildman–Crippen MR) is 90.9 cm³/mol. The van der Waals surface area contributed by atoms with Gasteiger partial charge in [0.15, 0.2) is 6.29 Å². The Morgan fingerprint density at radius 2 is 2.15 bits per heavy atom. The highest BCUT2D eigenvalue weighted by molar-refractivity contribution is 5.69. The smallest absolute Gasteiger partial charge is 0.306 e. The minimum Gasteiger partial charge on any atom is -0.466 e. The van der Waals surface area contributed by atoms with E-state index in [0.29, 0.717) is 13.2 Å². The molecule has 3 heterocycles. The Labute approximate surface area is 151 Å². The van der Waals surface area contributed by atoms with Crippen LogP contribution in [0.2, 0.25) is 0 Å². The Hall–Kier alpha value is -2.22. The van der Waals surface area contributed by atoms with E-state index in [2.05, 4.69) is 4.98 Å². The van der Waals surface area contributed by atoms with Gasteiger partial charge < -0.3 is 23.5 Å². The van der Waals surface area contributed by atoms with Gasteiger partial charge in [0.25, 0.3) is 0 Å². The quantitative estimate of drug-likeness (QED) is 0.765. The zero-order valence-electron chi connectivity index (χ0n) is 14.6. The molecule has 0 N–H and O–H groups in total. The maximum Gasteiger partial charge on any atom is 0.306 e. The van der Waals surface area contributed by atoms with E-state index in [4.69, 9.17) is 18.9 Å². The summed E-state index contributed by atoms with van der Waals surface area (Å²) in [7, 11) is 0. The van der Waals surface area contributed by atoms with Crippen molar-refractivity contribution in [3.8, 4) is 0 Å². The second-order valence-electron chi connectivity index (χ2n) is 6.42. The van der Waals surface area contributed by atoms with Crippen molar-refractivity contribution >= 4 is 5.97 Å². The minimum atomic E-state index is -0.465. The Morgan fingerprint density at radius 1 is 1.31 bits per heavy atom. The molecule has 0 saturated carbocycles. The van der Waals surface area contributed by atoms with Crippen LogP contribution in [0.15, 0.2) is 49.1 Å². The third kappa shape index (κ3) is 3.38. The number of carbonyl (C=O) groups is 1. The van der Waals surface area contributed by atoms with Gasteiger partial charge in [0.05, 0.1) is 32.1 Å². The van der Waals surface area contributed by atoms with Crippen LogP contribution >= 0.6 is 0 Å². The molecule has 2 aromatic rings. The summed E-state index contributed by atoms with van der Waals surface area (Å²) in [5.41, 5.74) is 0.951. The van der Waals surface area contributed by atoms with Crippen LogP contribution in [-0.2, 0) is 23.7 Å². The lowest BCUT2D eigenvalue weighted by Gasteiger charge is -2.33. The van der Waals surface area contributed by atoms with Gasteiger partial charge in [-0.05, 0) is 6.92 Å². The zero-order valence-corrected chi connectivity index (χ0v) is 14.6. The fourth-order valence-corrected chi connectivity index (χ4v) is 3.61. The SMILES string of the molecule is CCOC(=O)C[C@@H]1[C@@H]2O[C@H](c3ccccc3)OC[C@H]2O[C@H]1n1ccnc1. The third-order valence-corrected chi connectivity index (χ3v) is 4.76. The Balaban J connectivity index is 1.56. The van der Waals surface area contributed by atoms with E-state index in [1.165, 1.54) is 0 Å². The van der Waals surface area contributed by atoms with Crippen LogP contribution in [0.5, 0.6) is 0 Å². The summed E-state index contributed by atoms with van der Waals surface area (Å²) >= 11 is 0. The van der Waals surface area contributed by atoms with Crippen molar-refractivity contribution in [1.29, 1.82) is 0 Å². The molecule has 2 saturated heterocycles. The Morgan fingerprint density at radius 3 is 2.88 bits per heavy atom. The number of hydrogen-bond donors (Lipinski definition) is 0. The molecule has 1 aromatic carbocycles. The van der Waals surface area contributed by atoms with E-state index in [9.17, 15) is 4.79 Å². The lowest BCUT2D eigenvalue weighted by molar-refractivity contribution is -0.249. The molecule has 138 valence electrons. The highest BCUT2D eigenvalue weighted by atomic mass is 16.7. The minimum absolute atomic E-state index is 0.177. The molecule has 2 aliphatic rings. The van der Waals surface area contributed by atoms with Crippen LogP contribution in [0.1, 0.15) is 31.4 Å². The predicted octanol–water partition coefficient (Wildman–Crippen LogP) is 2.46. The van der Waals surface area contributed by atoms with Gasteiger partial charge in [0, 0.05) is 23.9 Å². The van der Waals surface area contributed by atoms with Crippen LogP contribution in [0, 0.1) is 5.92 Å². The standard InChI is InChI=1S/C19H22N2O5/c1-2-23-16(22)10-14-17-15(25-18(14)21-9-8-20-12-21)11-24-19(26-17)13-6-4-3-5-7-13/h3-9,12,14-15,17-19H,2,10-11H2,1H3/t14-,15-,17+,18-,19-/m1/s1. The topological polar surface area (TPSA) is 71.8 Å². The average Bonchev–Trinajstić information content (AvgIpc) is 3.30. The molecule has 2 fully saturated rings. The number of ether oxygens (including phenoxy) is 4. The fourth-order valence-electron chi connectivity index (χ4n) is 3.61. The zero-order chi connectivity index (χ0) is 17.9. The molecule has 0 amide bonds. The van der Waals surface area contributed by atoms with Gasteiger partial charge in [-0.1, -0.05) is 30.3 Å². The molecule has 0 spiro atoms. The number of imidazole rings is 1. The lowest BCUT2D eigenvalue weighted by atomic mass is 9.95. The summed E-state index contributed by atoms with van der Waals surface area (Å²) in [6.07, 6.45) is 4.14. The molecule has 5 atom stereocenters. The number of carbonyl (C=O) groups excluding carboxylic acids is 1. The Bertz CT molecular complexity index is 721. The molecule has 0 bridgehead atoms. The van der Waals surface area contributed by atoms with Crippen molar-refractivity contribution in [1.82, 2.24) is 9.55 Å². The summed E-state index contributed by atoms with van der Waals surface area (Å²) in [6, 6.07) is 9.78. The van der Waals surface area contributed by atoms with Crippen molar-refractivity contribution in [2.24, 2.45) is 5.92 Å². The van der Waals surface area contributed by atoms with Gasteiger partial charge in [-0.25, -0.2) is 4.98 Å². The van der Waals surface area contributed by atoms with E-state index < -0.39 is 6.29 Å². The average molecular weight is 358 g/mol. The molecular formula is C19H22N2O5. The molecule has 4 rings (SSSR count). The van der Waals surface area contributed by atoms with Crippen LogP contribution in [-0.4, -0.2) is 40.9 Å². The van der Waals surface area contributed by atoms with Gasteiger partial charge in [-0.15, -0.1) is 0 Å². The normalized spacial score (nSPS) is 30.7. The van der Waals surface area contributed by atoms with E-state index in [0.717, 1.165) is 5.56 Å². The van der Waals surface area contributed by atoms with E-state index in [1.54, 1.807) is 19.4 Å². The van der Waals surface area contributed by atoms with Crippen LogP contribution < -0.4 is 0 Å². The molecule has 2 aliphatic heterocycles. The number of aromatic nitrogens is 2. The van der Waals surface area contributed by atoms with Crippen LogP contribution in [0.25, 0.3) is 0 Å². The summed E-state index contributed by atoms with van der Waals surface area (Å²) in [5, 5.41) is 0. The van der Waals surface area contributed by atoms with E-state index >= 15 is 0 Å². The van der Waals surface area contributed by atoms with Crippen molar-refractivity contribution in [3.05, 3.63) is 54.6 Å². The van der Waals surface area contributed by atoms with Gasteiger partial charge in [0.1, 0.15) is 12.3 Å². The molecule has 1 aromatic heterocycles. The second-order valence-corrected chi connectivity index (χ2v) is 6.42. The van der Waals surface area contributed by atoms with Crippen molar-refractivity contribution in [2.45, 2.75) is 38.1 Å². The first-order valence-electron chi connectivity index (χ1n) is 8.86. The molecule has 26 heavy (non-hydrogen) atoms. The highest BCUT2D eigenvalue weighted by Crippen LogP contribution is 2.44. The number of benzene rings is 1. The number of hydrogen-bond acceptors (Lipinski definition) is 6. The van der Waals surface area contributed by atoms with Gasteiger partial charge in [-0.3, -0.25) is 4.79 Å². The van der Waals surface area contributed by atoms with Crippen LogP contribution in [0.3, 0.4) is 0 Å². The largest absolute Gasteiger partial charge is 0.466 e. The van der Waals surface area contributed by atoms with Crippen molar-refractivity contribution in [2.75, 3.05) is 13.2 Å². The number of nitrogens with zero attached hydrogens (tertiary/aromatic N) is 2. The molecule has 7 nitrogen and oxygen atoms in total. The maximum atomic E-state index is 12.2. The monoisotopic (exact) mass is 358 g/mol. The summed E-state index contributed by atoms with van der Waals surface area (Å²) in [5.74, 6) is -0.429. The first-order chi connectivity index (χ1) is 12.8. The third-order valence-electron chi connectivity index (χ3n) is 4.76. The first-order valence-corrected chi connectivity index (χ1v) is 8.86. The number of esters is 1. The van der Waals surface area contributed by atoms with Gasteiger partial charge in [-0.2, -0.15) is 0 Å². The lowest BCUT2D eigenvalue weighted by Crippen LogP contribution is -2.41. The Kier molecular flexibility index (Phi) is 5.01. The summed E-state index contributed by atoms with van der Waals surface area (Å²) in [6.45, 7) is 2.57.